The summed E-state index contributed by atoms with van der Waals surface area (Å²) in [5.74, 6) is 0. The monoisotopic (exact) mass is 825 g/mol. The van der Waals surface area contributed by atoms with E-state index in [1.165, 1.54) is 89.1 Å². The average Bonchev–Trinajstić information content (AvgIpc) is 4.03. The van der Waals surface area contributed by atoms with Crippen LogP contribution in [0.25, 0.3) is 45.0 Å². The highest BCUT2D eigenvalue weighted by molar-refractivity contribution is 6.08. The first-order valence-electron chi connectivity index (χ1n) is 23.0. The standard InChI is InChI=1S/C46H33N.C13H10.2C2H6/c1-32-24-26-33(27-25-32)35-28-29-36-31-42(34-14-5-2-6-15-34)46(43(36)30-35)40-21-12-11-20-39(40)45-41(46)22-13-23-44(45)47(37-16-7-3-8-17-37)38-18-9-4-10-19-38;1-3-7-12-10(5-1)9-11-6-2-4-8-13(11)12;2*1-2/h2-31H,1H3;1-8H,9H2;2*1-2H3. The highest BCUT2D eigenvalue weighted by atomic mass is 15.1. The lowest BCUT2D eigenvalue weighted by Crippen LogP contribution is -2.27. The Morgan fingerprint density at radius 1 is 0.391 bits per heavy atom. The van der Waals surface area contributed by atoms with Crippen molar-refractivity contribution < 1.29 is 0 Å². The van der Waals surface area contributed by atoms with E-state index in [1.807, 2.05) is 27.7 Å². The van der Waals surface area contributed by atoms with Gasteiger partial charge in [0.05, 0.1) is 11.1 Å². The van der Waals surface area contributed by atoms with Crippen LogP contribution in [-0.2, 0) is 11.8 Å². The Kier molecular flexibility index (Phi) is 12.1. The number of allylic oxidation sites excluding steroid dienone is 1. The molecule has 1 heteroatoms. The van der Waals surface area contributed by atoms with Crippen LogP contribution in [0.15, 0.2) is 224 Å². The molecule has 0 saturated heterocycles. The van der Waals surface area contributed by atoms with E-state index in [0.717, 1.165) is 17.8 Å². The minimum atomic E-state index is -0.474. The molecule has 0 radical (unpaired) electrons. The molecule has 0 aliphatic heterocycles. The van der Waals surface area contributed by atoms with Gasteiger partial charge in [-0.25, -0.2) is 0 Å². The van der Waals surface area contributed by atoms with Crippen LogP contribution in [0.4, 0.5) is 17.1 Å². The van der Waals surface area contributed by atoms with Crippen LogP contribution >= 0.6 is 0 Å². The summed E-state index contributed by atoms with van der Waals surface area (Å²) in [5.41, 5.74) is 22.9. The number of nitrogens with zero attached hydrogens (tertiary/aromatic N) is 1. The number of benzene rings is 9. The molecule has 1 spiro atoms. The molecule has 0 fully saturated rings. The molecule has 3 aliphatic rings. The third-order valence-electron chi connectivity index (χ3n) is 12.7. The highest BCUT2D eigenvalue weighted by Crippen LogP contribution is 2.64. The molecule has 0 bridgehead atoms. The van der Waals surface area contributed by atoms with Crippen LogP contribution in [0.3, 0.4) is 0 Å². The second kappa shape index (κ2) is 18.5. The van der Waals surface area contributed by atoms with E-state index in [1.54, 1.807) is 0 Å². The van der Waals surface area contributed by atoms with E-state index in [4.69, 9.17) is 0 Å². The fraction of sp³-hybridized carbons (Fsp3) is 0.111. The summed E-state index contributed by atoms with van der Waals surface area (Å²) in [6.45, 7) is 10.1. The van der Waals surface area contributed by atoms with Crippen LogP contribution in [0, 0.1) is 6.92 Å². The van der Waals surface area contributed by atoms with Crippen LogP contribution < -0.4 is 4.90 Å². The van der Waals surface area contributed by atoms with Crippen molar-refractivity contribution in [2.24, 2.45) is 0 Å². The lowest BCUT2D eigenvalue weighted by atomic mass is 9.67. The Labute approximate surface area is 380 Å². The minimum Gasteiger partial charge on any atom is -0.310 e. The minimum absolute atomic E-state index is 0.474. The summed E-state index contributed by atoms with van der Waals surface area (Å²) >= 11 is 0. The van der Waals surface area contributed by atoms with Crippen LogP contribution in [0.5, 0.6) is 0 Å². The first-order valence-corrected chi connectivity index (χ1v) is 23.0. The molecule has 1 nitrogen and oxygen atoms in total. The molecule has 0 N–H and O–H groups in total. The van der Waals surface area contributed by atoms with Crippen molar-refractivity contribution in [2.75, 3.05) is 4.90 Å². The van der Waals surface area contributed by atoms with Crippen LogP contribution in [-0.4, -0.2) is 0 Å². The van der Waals surface area contributed by atoms with Crippen molar-refractivity contribution in [1.82, 2.24) is 0 Å². The van der Waals surface area contributed by atoms with Crippen molar-refractivity contribution >= 4 is 28.7 Å². The number of hydrogen-bond acceptors (Lipinski definition) is 1. The predicted octanol–water partition coefficient (Wildman–Crippen LogP) is 17.3. The second-order valence-corrected chi connectivity index (χ2v) is 16.1. The molecular formula is C63H55N. The molecule has 1 atom stereocenters. The molecular weight excluding hydrogens is 771 g/mol. The Hall–Kier alpha value is -7.48. The fourth-order valence-electron chi connectivity index (χ4n) is 10.00. The maximum atomic E-state index is 2.46. The van der Waals surface area contributed by atoms with E-state index < -0.39 is 5.41 Å². The van der Waals surface area contributed by atoms with E-state index >= 15 is 0 Å². The van der Waals surface area contributed by atoms with Gasteiger partial charge in [-0.3, -0.25) is 0 Å². The van der Waals surface area contributed by atoms with Crippen molar-refractivity contribution in [1.29, 1.82) is 0 Å². The largest absolute Gasteiger partial charge is 0.310 e. The summed E-state index contributed by atoms with van der Waals surface area (Å²) < 4.78 is 0. The highest BCUT2D eigenvalue weighted by Gasteiger charge is 2.52. The van der Waals surface area contributed by atoms with Crippen molar-refractivity contribution in [3.63, 3.8) is 0 Å². The van der Waals surface area contributed by atoms with Gasteiger partial charge in [-0.05, 0) is 128 Å². The van der Waals surface area contributed by atoms with Gasteiger partial charge in [0.25, 0.3) is 0 Å². The molecule has 0 amide bonds. The number of anilines is 3. The van der Waals surface area contributed by atoms with E-state index in [0.29, 0.717) is 0 Å². The quantitative estimate of drug-likeness (QED) is 0.167. The molecule has 0 heterocycles. The number of aryl methyl sites for hydroxylation is 1. The van der Waals surface area contributed by atoms with Gasteiger partial charge in [0.15, 0.2) is 0 Å². The maximum absolute atomic E-state index is 2.46. The molecule has 12 rings (SSSR count). The van der Waals surface area contributed by atoms with Crippen molar-refractivity contribution in [3.05, 3.63) is 269 Å². The third kappa shape index (κ3) is 7.27. The molecule has 312 valence electrons. The summed E-state index contributed by atoms with van der Waals surface area (Å²) in [5, 5.41) is 0. The molecule has 64 heavy (non-hydrogen) atoms. The van der Waals surface area contributed by atoms with E-state index in [9.17, 15) is 0 Å². The number of rotatable bonds is 5. The first-order chi connectivity index (χ1) is 31.7. The van der Waals surface area contributed by atoms with Gasteiger partial charge >= 0.3 is 0 Å². The second-order valence-electron chi connectivity index (χ2n) is 16.1. The Morgan fingerprint density at radius 3 is 1.50 bits per heavy atom. The molecule has 0 saturated carbocycles. The predicted molar refractivity (Wildman–Crippen MR) is 275 cm³/mol. The maximum Gasteiger partial charge on any atom is 0.0726 e. The molecule has 9 aromatic carbocycles. The summed E-state index contributed by atoms with van der Waals surface area (Å²) in [7, 11) is 0. The zero-order valence-electron chi connectivity index (χ0n) is 37.6. The topological polar surface area (TPSA) is 3.24 Å². The third-order valence-corrected chi connectivity index (χ3v) is 12.7. The summed E-state index contributed by atoms with van der Waals surface area (Å²) in [6.07, 6.45) is 3.54. The molecule has 9 aromatic rings. The van der Waals surface area contributed by atoms with Gasteiger partial charge in [0, 0.05) is 16.9 Å². The normalized spacial score (nSPS) is 14.1. The van der Waals surface area contributed by atoms with Gasteiger partial charge < -0.3 is 4.90 Å². The van der Waals surface area contributed by atoms with Crippen LogP contribution in [0.1, 0.15) is 72.2 Å². The van der Waals surface area contributed by atoms with Crippen LogP contribution in [0.2, 0.25) is 0 Å². The number of para-hydroxylation sites is 2. The lowest BCUT2D eigenvalue weighted by molar-refractivity contribution is 0.842. The van der Waals surface area contributed by atoms with Gasteiger partial charge in [-0.2, -0.15) is 0 Å². The van der Waals surface area contributed by atoms with E-state index in [-0.39, 0.29) is 0 Å². The zero-order chi connectivity index (χ0) is 44.0. The van der Waals surface area contributed by atoms with Gasteiger partial charge in [-0.15, -0.1) is 0 Å². The smallest absolute Gasteiger partial charge is 0.0726 e. The molecule has 0 aromatic heterocycles. The Balaban J connectivity index is 0.000000256. The fourth-order valence-corrected chi connectivity index (χ4v) is 10.00. The average molecular weight is 826 g/mol. The zero-order valence-corrected chi connectivity index (χ0v) is 37.6. The van der Waals surface area contributed by atoms with Crippen molar-refractivity contribution in [3.8, 4) is 33.4 Å². The van der Waals surface area contributed by atoms with Gasteiger partial charge in [0.2, 0.25) is 0 Å². The SMILES string of the molecule is CC.CC.Cc1ccc(-c2ccc3c(c2)C2(C(c4ccccc4)=C3)c3ccccc3-c3c(N(c4ccccc4)c4ccccc4)cccc32)cc1.c1ccc2c(c1)Cc1ccccc1-2. The van der Waals surface area contributed by atoms with Gasteiger partial charge in [0.1, 0.15) is 0 Å². The first kappa shape index (κ1) is 41.9. The molecule has 3 aliphatic carbocycles. The van der Waals surface area contributed by atoms with Crippen molar-refractivity contribution in [2.45, 2.75) is 46.5 Å². The summed E-state index contributed by atoms with van der Waals surface area (Å²) in [4.78, 5) is 2.42. The Bertz CT molecular complexity index is 2970. The summed E-state index contributed by atoms with van der Waals surface area (Å²) in [6, 6.07) is 81.8. The Morgan fingerprint density at radius 2 is 0.891 bits per heavy atom. The molecule has 1 unspecified atom stereocenters. The number of fused-ring (bicyclic) bond motifs is 10. The van der Waals surface area contributed by atoms with E-state index in [2.05, 4.69) is 242 Å². The lowest BCUT2D eigenvalue weighted by Gasteiger charge is -2.34. The number of hydrogen-bond donors (Lipinski definition) is 0. The van der Waals surface area contributed by atoms with Gasteiger partial charge in [-0.1, -0.05) is 221 Å².